The molecule has 0 aliphatic heterocycles. The first-order valence-electron chi connectivity index (χ1n) is 4.32. The lowest BCUT2D eigenvalue weighted by atomic mass is 9.88. The van der Waals surface area contributed by atoms with Crippen LogP contribution < -0.4 is 0 Å². The highest BCUT2D eigenvalue weighted by Gasteiger charge is 2.09. The number of allylic oxidation sites excluding steroid dienone is 1. The monoisotopic (exact) mass is 140 g/mol. The molecular formula is C10H20. The van der Waals surface area contributed by atoms with Gasteiger partial charge in [-0.25, -0.2) is 0 Å². The van der Waals surface area contributed by atoms with Gasteiger partial charge in [-0.15, -0.1) is 0 Å². The molecule has 0 aliphatic carbocycles. The molecular weight excluding hydrogens is 120 g/mol. The molecule has 2 atom stereocenters. The molecule has 0 spiro atoms. The SMILES string of the molecule is C=C([C@H](C)CC)[C@@H](C)CC. The van der Waals surface area contributed by atoms with Gasteiger partial charge >= 0.3 is 0 Å². The summed E-state index contributed by atoms with van der Waals surface area (Å²) in [4.78, 5) is 0. The van der Waals surface area contributed by atoms with Crippen molar-refractivity contribution >= 4 is 0 Å². The Morgan fingerprint density at radius 2 is 1.40 bits per heavy atom. The Balaban J connectivity index is 3.82. The maximum absolute atomic E-state index is 4.10. The van der Waals surface area contributed by atoms with Gasteiger partial charge in [-0.05, 0) is 24.7 Å². The third-order valence-corrected chi connectivity index (χ3v) is 2.49. The van der Waals surface area contributed by atoms with E-state index >= 15 is 0 Å². The molecule has 0 nitrogen and oxygen atoms in total. The minimum Gasteiger partial charge on any atom is -0.0993 e. The zero-order valence-corrected chi connectivity index (χ0v) is 7.78. The van der Waals surface area contributed by atoms with Crippen LogP contribution in [0.1, 0.15) is 40.5 Å². The van der Waals surface area contributed by atoms with Crippen LogP contribution in [-0.4, -0.2) is 0 Å². The molecule has 0 aromatic carbocycles. The topological polar surface area (TPSA) is 0 Å². The van der Waals surface area contributed by atoms with E-state index in [4.69, 9.17) is 0 Å². The summed E-state index contributed by atoms with van der Waals surface area (Å²) in [5, 5.41) is 0. The van der Waals surface area contributed by atoms with E-state index < -0.39 is 0 Å². The van der Waals surface area contributed by atoms with Gasteiger partial charge in [0.15, 0.2) is 0 Å². The maximum Gasteiger partial charge on any atom is -0.0234 e. The average molecular weight is 140 g/mol. The first-order chi connectivity index (χ1) is 4.63. The highest BCUT2D eigenvalue weighted by Crippen LogP contribution is 2.22. The standard InChI is InChI=1S/C10H20/c1-6-8(3)10(5)9(4)7-2/h8-9H,5-7H2,1-4H3/t8-,9+. The fourth-order valence-corrected chi connectivity index (χ4v) is 1.01. The van der Waals surface area contributed by atoms with Crippen LogP contribution >= 0.6 is 0 Å². The molecule has 10 heavy (non-hydrogen) atoms. The molecule has 0 heteroatoms. The summed E-state index contributed by atoms with van der Waals surface area (Å²) in [5.41, 5.74) is 1.42. The third-order valence-electron chi connectivity index (χ3n) is 2.49. The highest BCUT2D eigenvalue weighted by atomic mass is 14.1. The van der Waals surface area contributed by atoms with Crippen LogP contribution in [0.2, 0.25) is 0 Å². The van der Waals surface area contributed by atoms with Crippen LogP contribution in [0.5, 0.6) is 0 Å². The second kappa shape index (κ2) is 4.54. The zero-order chi connectivity index (χ0) is 8.15. The fourth-order valence-electron chi connectivity index (χ4n) is 1.01. The Hall–Kier alpha value is -0.260. The molecule has 0 aromatic heterocycles. The fraction of sp³-hybridized carbons (Fsp3) is 0.800. The second-order valence-electron chi connectivity index (χ2n) is 3.19. The van der Waals surface area contributed by atoms with Crippen molar-refractivity contribution in [3.05, 3.63) is 12.2 Å². The number of rotatable bonds is 4. The molecule has 60 valence electrons. The molecule has 0 aliphatic rings. The van der Waals surface area contributed by atoms with Crippen molar-refractivity contribution in [3.8, 4) is 0 Å². The van der Waals surface area contributed by atoms with E-state index in [0.29, 0.717) is 11.8 Å². The van der Waals surface area contributed by atoms with E-state index in [1.807, 2.05) is 0 Å². The Kier molecular flexibility index (Phi) is 4.42. The summed E-state index contributed by atoms with van der Waals surface area (Å²) < 4.78 is 0. The van der Waals surface area contributed by atoms with Gasteiger partial charge in [-0.1, -0.05) is 39.8 Å². The Morgan fingerprint density at radius 3 is 1.60 bits per heavy atom. The molecule has 0 saturated carbocycles. The molecule has 0 radical (unpaired) electrons. The first-order valence-corrected chi connectivity index (χ1v) is 4.32. The summed E-state index contributed by atoms with van der Waals surface area (Å²) in [6.45, 7) is 13.1. The minimum atomic E-state index is 0.704. The van der Waals surface area contributed by atoms with E-state index in [1.165, 1.54) is 18.4 Å². The van der Waals surface area contributed by atoms with E-state index in [1.54, 1.807) is 0 Å². The van der Waals surface area contributed by atoms with E-state index in [9.17, 15) is 0 Å². The Bertz CT molecular complexity index is 90.6. The Morgan fingerprint density at radius 1 is 1.10 bits per heavy atom. The van der Waals surface area contributed by atoms with Crippen molar-refractivity contribution in [2.24, 2.45) is 11.8 Å². The summed E-state index contributed by atoms with van der Waals surface area (Å²) in [7, 11) is 0. The van der Waals surface area contributed by atoms with Crippen LogP contribution in [-0.2, 0) is 0 Å². The highest BCUT2D eigenvalue weighted by molar-refractivity contribution is 5.02. The van der Waals surface area contributed by atoms with Crippen LogP contribution in [0.15, 0.2) is 12.2 Å². The van der Waals surface area contributed by atoms with Gasteiger partial charge < -0.3 is 0 Å². The molecule has 0 rings (SSSR count). The van der Waals surface area contributed by atoms with Gasteiger partial charge in [0.1, 0.15) is 0 Å². The smallest absolute Gasteiger partial charge is 0.0234 e. The quantitative estimate of drug-likeness (QED) is 0.523. The lowest BCUT2D eigenvalue weighted by Gasteiger charge is -2.17. The third kappa shape index (κ3) is 2.55. The van der Waals surface area contributed by atoms with Crippen molar-refractivity contribution in [1.29, 1.82) is 0 Å². The zero-order valence-electron chi connectivity index (χ0n) is 7.78. The van der Waals surface area contributed by atoms with Gasteiger partial charge in [-0.3, -0.25) is 0 Å². The van der Waals surface area contributed by atoms with Crippen molar-refractivity contribution in [2.75, 3.05) is 0 Å². The number of hydrogen-bond donors (Lipinski definition) is 0. The first kappa shape index (κ1) is 9.74. The summed E-state index contributed by atoms with van der Waals surface area (Å²) in [5.74, 6) is 1.41. The predicted octanol–water partition coefficient (Wildman–Crippen LogP) is 3.63. The van der Waals surface area contributed by atoms with Gasteiger partial charge in [0.05, 0.1) is 0 Å². The van der Waals surface area contributed by atoms with E-state index in [0.717, 1.165) is 0 Å². The largest absolute Gasteiger partial charge is 0.0993 e. The normalized spacial score (nSPS) is 16.4. The van der Waals surface area contributed by atoms with Gasteiger partial charge in [0.25, 0.3) is 0 Å². The van der Waals surface area contributed by atoms with Crippen molar-refractivity contribution in [3.63, 3.8) is 0 Å². The predicted molar refractivity (Wildman–Crippen MR) is 48.1 cm³/mol. The van der Waals surface area contributed by atoms with E-state index in [-0.39, 0.29) is 0 Å². The van der Waals surface area contributed by atoms with Crippen LogP contribution in [0.3, 0.4) is 0 Å². The van der Waals surface area contributed by atoms with Gasteiger partial charge in [-0.2, -0.15) is 0 Å². The Labute approximate surface area is 65.3 Å². The lowest BCUT2D eigenvalue weighted by Crippen LogP contribution is -2.05. The summed E-state index contributed by atoms with van der Waals surface area (Å²) >= 11 is 0. The number of hydrogen-bond acceptors (Lipinski definition) is 0. The molecule has 0 unspecified atom stereocenters. The van der Waals surface area contributed by atoms with Crippen molar-refractivity contribution in [2.45, 2.75) is 40.5 Å². The lowest BCUT2D eigenvalue weighted by molar-refractivity contribution is 0.533. The molecule has 0 N–H and O–H groups in total. The molecule has 0 fully saturated rings. The van der Waals surface area contributed by atoms with Crippen molar-refractivity contribution in [1.82, 2.24) is 0 Å². The molecule has 0 heterocycles. The van der Waals surface area contributed by atoms with Crippen LogP contribution in [0, 0.1) is 11.8 Å². The molecule has 0 aromatic rings. The van der Waals surface area contributed by atoms with Crippen LogP contribution in [0.25, 0.3) is 0 Å². The molecule has 0 amide bonds. The van der Waals surface area contributed by atoms with Gasteiger partial charge in [0.2, 0.25) is 0 Å². The average Bonchev–Trinajstić information content (AvgIpc) is 2.00. The van der Waals surface area contributed by atoms with Crippen LogP contribution in [0.4, 0.5) is 0 Å². The van der Waals surface area contributed by atoms with E-state index in [2.05, 4.69) is 34.3 Å². The second-order valence-corrected chi connectivity index (χ2v) is 3.19. The summed E-state index contributed by atoms with van der Waals surface area (Å²) in [6, 6.07) is 0. The maximum atomic E-state index is 4.10. The minimum absolute atomic E-state index is 0.704. The summed E-state index contributed by atoms with van der Waals surface area (Å²) in [6.07, 6.45) is 2.45. The van der Waals surface area contributed by atoms with Gasteiger partial charge in [0, 0.05) is 0 Å². The van der Waals surface area contributed by atoms with Crippen molar-refractivity contribution < 1.29 is 0 Å². The molecule has 0 bridgehead atoms. The molecule has 0 saturated heterocycles.